The number of para-hydroxylation sites is 2. The molecule has 3 nitrogen and oxygen atoms in total. The van der Waals surface area contributed by atoms with Crippen LogP contribution in [-0.2, 0) is 65.0 Å². The van der Waals surface area contributed by atoms with Gasteiger partial charge in [0.2, 0.25) is 0 Å². The number of benzene rings is 13. The highest BCUT2D eigenvalue weighted by atomic mass is 15.2. The first-order chi connectivity index (χ1) is 70.9. The largest absolute Gasteiger partial charge is 0.310 e. The van der Waals surface area contributed by atoms with Gasteiger partial charge in [0, 0.05) is 61.5 Å². The van der Waals surface area contributed by atoms with Crippen LogP contribution in [0.2, 0.25) is 0 Å². The molecule has 1 aromatic heterocycles. The summed E-state index contributed by atoms with van der Waals surface area (Å²) in [6.45, 7) is 68.0. The van der Waals surface area contributed by atoms with Gasteiger partial charge in [0.05, 0.1) is 58.0 Å². The number of nitrogens with zero attached hydrogens (tertiary/aromatic N) is 3. The van der Waals surface area contributed by atoms with Crippen molar-refractivity contribution >= 4 is 79.0 Å². The molecule has 0 saturated heterocycles. The van der Waals surface area contributed by atoms with Crippen LogP contribution in [0.25, 0.3) is 94.3 Å². The Kier molecular flexibility index (Phi) is 15.8. The lowest BCUT2D eigenvalue weighted by Gasteiger charge is -2.46. The van der Waals surface area contributed by atoms with Crippen molar-refractivity contribution in [3.05, 3.63) is 309 Å². The summed E-state index contributed by atoms with van der Waals surface area (Å²) in [7, 11) is 0. The molecule has 130 heavy (non-hydrogen) atoms. The highest BCUT2D eigenvalue weighted by Gasteiger charge is 2.48. The Labute approximate surface area is 820 Å². The lowest BCUT2D eigenvalue weighted by Crippen LogP contribution is -2.61. The van der Waals surface area contributed by atoms with Gasteiger partial charge in [-0.1, -0.05) is 425 Å². The molecule has 0 radical (unpaired) electrons. The predicted molar refractivity (Wildman–Crippen MR) is 572 cm³/mol. The fourth-order valence-electron chi connectivity index (χ4n) is 17.4. The minimum atomic E-state index is -1.36. The number of aromatic nitrogens is 1. The molecule has 4 heteroatoms. The van der Waals surface area contributed by atoms with Crippen molar-refractivity contribution in [3.8, 4) is 72.4 Å². The first-order valence-corrected chi connectivity index (χ1v) is 46.2. The van der Waals surface area contributed by atoms with E-state index in [-0.39, 0.29) is 175 Å². The number of fused-ring (bicyclic) bond motifs is 7. The van der Waals surface area contributed by atoms with Crippen LogP contribution in [0.4, 0.5) is 34.1 Å². The van der Waals surface area contributed by atoms with Gasteiger partial charge < -0.3 is 14.4 Å². The van der Waals surface area contributed by atoms with Crippen molar-refractivity contribution in [2.24, 2.45) is 0 Å². The van der Waals surface area contributed by atoms with E-state index in [0.717, 1.165) is 27.8 Å². The van der Waals surface area contributed by atoms with Crippen LogP contribution in [0.1, 0.15) is 352 Å². The van der Waals surface area contributed by atoms with Crippen molar-refractivity contribution in [2.75, 3.05) is 9.80 Å². The van der Waals surface area contributed by atoms with E-state index < -0.39 is 216 Å². The molecule has 0 atom stereocenters. The molecule has 16 rings (SSSR count). The maximum Gasteiger partial charge on any atom is 0.252 e. The molecule has 0 bridgehead atoms. The zero-order valence-electron chi connectivity index (χ0n) is 110. The SMILES string of the molecule is [2H]c1c([2H])c(C(C)(C)C)c([2H])c([2H])c1-c1c([2H])c(C(C)(C)C)c([2H])c(-c2c([2H])c(C(C)(C)C)c([2H])c(C(C)(C)C)c2[2H])c1N1c2cc(-n3c4c([2H])c([2H])c([2H])c([2H])c4c4c([2H])c([2H])c([2H])c([2H])c43)ccc2B2c3ccc(-c4cc(C(C)(C)C)cc(C(C)(C)C)c4)cc3N(c3c(-c4c([2H])c([2H])c(C(C)(C)C)c([2H])c4[2H])c([2H])c(C(C)(C)C)c([2H])c3-c3c([2H])c([2H])c(C(C)(C)C)c([2H])c3C(C)(C)C)c3cc(-c4cc(C(C)(C)C)cc(C(C)(C)C)c4)cc1c32. The summed E-state index contributed by atoms with van der Waals surface area (Å²) >= 11 is 0. The summed E-state index contributed by atoms with van der Waals surface area (Å²) in [6.07, 6.45) is 0. The van der Waals surface area contributed by atoms with Gasteiger partial charge in [0.25, 0.3) is 6.71 Å². The van der Waals surface area contributed by atoms with Crippen LogP contribution in [0.15, 0.2) is 242 Å². The molecule has 0 fully saturated rings. The molecule has 2 aliphatic heterocycles. The summed E-state index contributed by atoms with van der Waals surface area (Å²) in [5.74, 6) is 0. The van der Waals surface area contributed by atoms with Crippen molar-refractivity contribution < 1.29 is 35.6 Å². The van der Waals surface area contributed by atoms with Gasteiger partial charge in [0.15, 0.2) is 0 Å². The van der Waals surface area contributed by atoms with Crippen LogP contribution >= 0.6 is 0 Å². The summed E-state index contributed by atoms with van der Waals surface area (Å²) in [5.41, 5.74) is -7.17. The Morgan fingerprint density at radius 1 is 0.223 bits per heavy atom. The van der Waals surface area contributed by atoms with Crippen molar-refractivity contribution in [3.63, 3.8) is 0 Å². The van der Waals surface area contributed by atoms with Crippen LogP contribution < -0.4 is 26.2 Å². The molecular weight excluding hydrogens is 1570 g/mol. The fourth-order valence-corrected chi connectivity index (χ4v) is 17.4. The normalized spacial score (nSPS) is 16.8. The molecule has 2 aliphatic rings. The van der Waals surface area contributed by atoms with Gasteiger partial charge >= 0.3 is 0 Å². The average Bonchev–Trinajstić information content (AvgIpc) is 0.707. The zero-order chi connectivity index (χ0) is 117. The van der Waals surface area contributed by atoms with E-state index in [1.807, 2.05) is 139 Å². The Hall–Kier alpha value is -10.7. The van der Waals surface area contributed by atoms with Crippen molar-refractivity contribution in [1.29, 1.82) is 0 Å². The Morgan fingerprint density at radius 2 is 0.546 bits per heavy atom. The van der Waals surface area contributed by atoms with Crippen molar-refractivity contribution in [2.45, 2.75) is 314 Å². The Morgan fingerprint density at radius 3 is 0.938 bits per heavy atom. The summed E-state index contributed by atoms with van der Waals surface area (Å²) < 4.78 is 281. The summed E-state index contributed by atoms with van der Waals surface area (Å²) in [6, 6.07) is 14.4. The van der Waals surface area contributed by atoms with Crippen LogP contribution in [0.5, 0.6) is 0 Å². The zero-order valence-corrected chi connectivity index (χ0v) is 84.0. The minimum absolute atomic E-state index is 0.000173. The van der Waals surface area contributed by atoms with Gasteiger partial charge in [0.1, 0.15) is 0 Å². The molecule has 3 heterocycles. The van der Waals surface area contributed by atoms with E-state index in [2.05, 4.69) is 119 Å². The summed E-state index contributed by atoms with van der Waals surface area (Å²) in [4.78, 5) is 3.63. The van der Waals surface area contributed by atoms with E-state index in [1.54, 1.807) is 85.4 Å². The lowest BCUT2D eigenvalue weighted by atomic mass is 9.33. The second-order valence-electron chi connectivity index (χ2n) is 48.9. The van der Waals surface area contributed by atoms with Gasteiger partial charge in [-0.2, -0.15) is 0 Å². The number of hydrogen-bond acceptors (Lipinski definition) is 2. The second-order valence-corrected chi connectivity index (χ2v) is 48.9. The van der Waals surface area contributed by atoms with Crippen LogP contribution in [-0.4, -0.2) is 11.3 Å². The smallest absolute Gasteiger partial charge is 0.252 e. The van der Waals surface area contributed by atoms with E-state index >= 15 is 0 Å². The number of hydrogen-bond donors (Lipinski definition) is 0. The van der Waals surface area contributed by atoms with E-state index in [4.69, 9.17) is 0 Å². The first kappa shape index (κ1) is 65.0. The van der Waals surface area contributed by atoms with Gasteiger partial charge in [-0.15, -0.1) is 0 Å². The van der Waals surface area contributed by atoms with Crippen LogP contribution in [0.3, 0.4) is 0 Å². The highest BCUT2D eigenvalue weighted by Crippen LogP contribution is 2.58. The highest BCUT2D eigenvalue weighted by molar-refractivity contribution is 7.00. The maximum absolute atomic E-state index is 11.9. The predicted octanol–water partition coefficient (Wildman–Crippen LogP) is 34.4. The van der Waals surface area contributed by atoms with Gasteiger partial charge in [-0.05, 0) is 259 Å². The van der Waals surface area contributed by atoms with E-state index in [1.165, 1.54) is 4.57 Å². The third-order valence-corrected chi connectivity index (χ3v) is 25.5. The third-order valence-electron chi connectivity index (χ3n) is 25.5. The monoisotopic (exact) mass is 1740 g/mol. The second kappa shape index (κ2) is 31.5. The molecule has 0 N–H and O–H groups in total. The average molecular weight is 1740 g/mol. The lowest BCUT2D eigenvalue weighted by molar-refractivity contribution is 0.568. The maximum atomic E-state index is 11.9. The molecule has 0 spiro atoms. The molecule has 13 aromatic carbocycles. The van der Waals surface area contributed by atoms with E-state index in [0.29, 0.717) is 22.2 Å². The standard InChI is InChI=1S/C126H148BN3/c1-115(2,3)84-50-45-77(46-51-84)99-71-93(124(28,29)30)73-101(83-63-91(122(22,23)24)70-92(64-83)123(25,26)27)113(99)130-109-76-95(128-106-43-39-37-41-97(106)98-42-38-40-44-107(98)128)55-58-105(109)127-104-57-49-79(80-59-87(118(10,11)12)68-88(60-80)119(13,14)15)65-108(104)129(110-66-82(67-111(130)112(110)127)81-61-89(120(16,17)18)69-90(62-81)121(19,20)21)114-100(78-47-52-85(53-48-78)116(4,5)6)72-94(125(31,32)33)74-102(114)96-56-54-86(117(7,8)9)75-103(96)126(34,35)36/h37-76H,1-36H3/i37D,38D,39D,40D,41D,42D,43D,44D,45D,46D,47D,48D,50D,51D,52D,53D,54D,56D,63D,64D,70D,71D,72D,73D,74D,75D. The van der Waals surface area contributed by atoms with Crippen LogP contribution in [0, 0.1) is 0 Å². The molecular formula is C126H148BN3. The number of anilines is 6. The van der Waals surface area contributed by atoms with Gasteiger partial charge in [-0.25, -0.2) is 0 Å². The fraction of sp³-hybridized carbons (Fsp3) is 0.381. The third kappa shape index (κ3) is 17.4. The molecule has 0 aliphatic carbocycles. The molecule has 0 amide bonds. The first-order valence-electron chi connectivity index (χ1n) is 59.2. The molecule has 0 saturated carbocycles. The quantitative estimate of drug-likeness (QED) is 0.133. The summed E-state index contributed by atoms with van der Waals surface area (Å²) in [5, 5.41) is -0.540. The van der Waals surface area contributed by atoms with Crippen molar-refractivity contribution in [1.82, 2.24) is 4.57 Å². The molecule has 14 aromatic rings. The molecule has 0 unspecified atom stereocenters. The minimum Gasteiger partial charge on any atom is -0.310 e. The topological polar surface area (TPSA) is 11.4 Å². The Balaban J connectivity index is 1.35. The Bertz CT molecular complexity index is 8240. The van der Waals surface area contributed by atoms with E-state index in [9.17, 15) is 35.6 Å². The van der Waals surface area contributed by atoms with Gasteiger partial charge in [-0.3, -0.25) is 0 Å². The molecule has 670 valence electrons. The number of rotatable bonds is 9.